The van der Waals surface area contributed by atoms with Gasteiger partial charge in [-0.1, -0.05) is 18.2 Å². The number of hydrogen-bond acceptors (Lipinski definition) is 4. The molecule has 0 radical (unpaired) electrons. The second-order valence-corrected chi connectivity index (χ2v) is 6.62. The summed E-state index contributed by atoms with van der Waals surface area (Å²) in [6, 6.07) is 10.3. The van der Waals surface area contributed by atoms with Crippen LogP contribution < -0.4 is 0 Å². The molecule has 0 bridgehead atoms. The third-order valence-electron chi connectivity index (χ3n) is 3.77. The van der Waals surface area contributed by atoms with Crippen LogP contribution in [0.4, 0.5) is 8.78 Å². The number of ether oxygens (including phenoxy) is 1. The molecule has 0 aliphatic heterocycles. The fraction of sp³-hybridized carbons (Fsp3) is 0.158. The van der Waals surface area contributed by atoms with Crippen LogP contribution in [0.5, 0.6) is 0 Å². The maximum absolute atomic E-state index is 13.5. The summed E-state index contributed by atoms with van der Waals surface area (Å²) in [5.74, 6) is -2.46. The van der Waals surface area contributed by atoms with Crippen LogP contribution in [0.3, 0.4) is 0 Å². The summed E-state index contributed by atoms with van der Waals surface area (Å²) in [5.41, 5.74) is 1.25. The van der Waals surface area contributed by atoms with Gasteiger partial charge < -0.3 is 9.72 Å². The van der Waals surface area contributed by atoms with Gasteiger partial charge in [-0.2, -0.15) is 0 Å². The Morgan fingerprint density at radius 3 is 2.77 bits per heavy atom. The van der Waals surface area contributed by atoms with E-state index < -0.39 is 23.7 Å². The lowest BCUT2D eigenvalue weighted by molar-refractivity contribution is -0.143. The molecule has 1 heterocycles. The number of carbonyl (C=O) groups excluding carboxylic acids is 2. The minimum absolute atomic E-state index is 0.0116. The van der Waals surface area contributed by atoms with Crippen LogP contribution in [-0.2, 0) is 9.53 Å². The fourth-order valence-electron chi connectivity index (χ4n) is 2.50. The van der Waals surface area contributed by atoms with Crippen LogP contribution in [0.25, 0.3) is 10.9 Å². The Bertz CT molecular complexity index is 970. The van der Waals surface area contributed by atoms with Gasteiger partial charge in [0.1, 0.15) is 11.6 Å². The molecule has 0 saturated carbocycles. The third-order valence-corrected chi connectivity index (χ3v) is 4.77. The summed E-state index contributed by atoms with van der Waals surface area (Å²) >= 11 is 0.816. The highest BCUT2D eigenvalue weighted by Crippen LogP contribution is 2.23. The molecule has 4 nitrogen and oxygen atoms in total. The van der Waals surface area contributed by atoms with Crippen LogP contribution in [-0.4, -0.2) is 28.6 Å². The molecule has 0 aliphatic carbocycles. The first-order valence-corrected chi connectivity index (χ1v) is 8.82. The maximum Gasteiger partial charge on any atom is 0.316 e. The second-order valence-electron chi connectivity index (χ2n) is 5.61. The number of halogens is 2. The summed E-state index contributed by atoms with van der Waals surface area (Å²) in [6.45, 7) is 1.48. The number of benzene rings is 2. The molecule has 1 aromatic heterocycles. The predicted octanol–water partition coefficient (Wildman–Crippen LogP) is 4.35. The molecule has 0 spiro atoms. The zero-order valence-electron chi connectivity index (χ0n) is 13.8. The van der Waals surface area contributed by atoms with Gasteiger partial charge in [-0.3, -0.25) is 9.59 Å². The van der Waals surface area contributed by atoms with Crippen molar-refractivity contribution in [3.05, 3.63) is 65.9 Å². The molecule has 3 rings (SSSR count). The fourth-order valence-corrected chi connectivity index (χ4v) is 3.25. The minimum Gasteiger partial charge on any atom is -0.454 e. The number of ketones is 1. The molecule has 3 aromatic rings. The van der Waals surface area contributed by atoms with Gasteiger partial charge in [-0.25, -0.2) is 8.78 Å². The number of fused-ring (bicyclic) bond motifs is 1. The van der Waals surface area contributed by atoms with Gasteiger partial charge in [0, 0.05) is 27.6 Å². The van der Waals surface area contributed by atoms with Crippen molar-refractivity contribution in [2.45, 2.75) is 17.9 Å². The van der Waals surface area contributed by atoms with Gasteiger partial charge in [-0.15, -0.1) is 11.8 Å². The van der Waals surface area contributed by atoms with E-state index in [4.69, 9.17) is 4.74 Å². The van der Waals surface area contributed by atoms with Gasteiger partial charge in [0.15, 0.2) is 6.10 Å². The standard InChI is InChI=1S/C19H15F2NO3S/c1-11(19(24)14-9-22-16-5-3-2-4-13(14)16)25-18(23)10-26-17-8-12(20)6-7-15(17)21/h2-9,11,22H,10H2,1H3/t11-/m0/s1. The SMILES string of the molecule is C[C@H](OC(=O)CSc1cc(F)ccc1F)C(=O)c1c[nH]c2ccccc12. The molecule has 2 aromatic carbocycles. The highest BCUT2D eigenvalue weighted by Gasteiger charge is 2.22. The topological polar surface area (TPSA) is 59.2 Å². The van der Waals surface area contributed by atoms with Crippen LogP contribution in [0.2, 0.25) is 0 Å². The number of nitrogens with one attached hydrogen (secondary N) is 1. The van der Waals surface area contributed by atoms with Crippen molar-refractivity contribution in [1.82, 2.24) is 4.98 Å². The van der Waals surface area contributed by atoms with Crippen molar-refractivity contribution in [3.63, 3.8) is 0 Å². The lowest BCUT2D eigenvalue weighted by atomic mass is 10.1. The molecule has 0 unspecified atom stereocenters. The van der Waals surface area contributed by atoms with Crippen LogP contribution in [0.1, 0.15) is 17.3 Å². The van der Waals surface area contributed by atoms with Crippen LogP contribution in [0.15, 0.2) is 53.6 Å². The van der Waals surface area contributed by atoms with Crippen molar-refractivity contribution >= 4 is 34.4 Å². The Morgan fingerprint density at radius 2 is 1.96 bits per heavy atom. The van der Waals surface area contributed by atoms with Crippen molar-refractivity contribution in [1.29, 1.82) is 0 Å². The summed E-state index contributed by atoms with van der Waals surface area (Å²) in [4.78, 5) is 27.5. The monoisotopic (exact) mass is 375 g/mol. The van der Waals surface area contributed by atoms with Crippen molar-refractivity contribution in [2.24, 2.45) is 0 Å². The second kappa shape index (κ2) is 7.70. The van der Waals surface area contributed by atoms with Gasteiger partial charge in [0.05, 0.1) is 5.75 Å². The van der Waals surface area contributed by atoms with Gasteiger partial charge in [0.2, 0.25) is 5.78 Å². The first kappa shape index (κ1) is 18.1. The average Bonchev–Trinajstić information content (AvgIpc) is 3.05. The van der Waals surface area contributed by atoms with Crippen molar-refractivity contribution in [3.8, 4) is 0 Å². The molecule has 0 aliphatic rings. The van der Waals surface area contributed by atoms with E-state index >= 15 is 0 Å². The molecule has 0 amide bonds. The number of aromatic amines is 1. The Labute approximate surface area is 152 Å². The normalized spacial score (nSPS) is 12.1. The van der Waals surface area contributed by atoms with Crippen molar-refractivity contribution in [2.75, 3.05) is 5.75 Å². The van der Waals surface area contributed by atoms with E-state index in [1.54, 1.807) is 12.3 Å². The number of esters is 1. The lowest BCUT2D eigenvalue weighted by Gasteiger charge is -2.12. The van der Waals surface area contributed by atoms with E-state index in [2.05, 4.69) is 4.98 Å². The van der Waals surface area contributed by atoms with Crippen LogP contribution >= 0.6 is 11.8 Å². The summed E-state index contributed by atoms with van der Waals surface area (Å²) < 4.78 is 31.8. The zero-order chi connectivity index (χ0) is 18.7. The number of carbonyl (C=O) groups is 2. The van der Waals surface area contributed by atoms with E-state index in [-0.39, 0.29) is 16.4 Å². The quantitative estimate of drug-likeness (QED) is 0.395. The van der Waals surface area contributed by atoms with E-state index in [1.165, 1.54) is 6.92 Å². The van der Waals surface area contributed by atoms with Crippen LogP contribution in [0, 0.1) is 11.6 Å². The Morgan fingerprint density at radius 1 is 1.19 bits per heavy atom. The number of H-pyrrole nitrogens is 1. The number of rotatable bonds is 6. The van der Waals surface area contributed by atoms with E-state index in [0.29, 0.717) is 5.56 Å². The number of Topliss-reactive ketones (excluding diaryl/α,β-unsaturated/α-hetero) is 1. The predicted molar refractivity (Wildman–Crippen MR) is 95.3 cm³/mol. The molecule has 1 atom stereocenters. The van der Waals surface area contributed by atoms with E-state index in [1.807, 2.05) is 18.2 Å². The third kappa shape index (κ3) is 3.94. The van der Waals surface area contributed by atoms with Crippen molar-refractivity contribution < 1.29 is 23.1 Å². The number of aromatic nitrogens is 1. The number of hydrogen-bond donors (Lipinski definition) is 1. The maximum atomic E-state index is 13.5. The van der Waals surface area contributed by atoms with Gasteiger partial charge in [0.25, 0.3) is 0 Å². The first-order chi connectivity index (χ1) is 12.5. The largest absolute Gasteiger partial charge is 0.454 e. The summed E-state index contributed by atoms with van der Waals surface area (Å²) in [5, 5.41) is 0.747. The summed E-state index contributed by atoms with van der Waals surface area (Å²) in [6.07, 6.45) is 0.591. The minimum atomic E-state index is -0.986. The smallest absolute Gasteiger partial charge is 0.316 e. The summed E-state index contributed by atoms with van der Waals surface area (Å²) in [7, 11) is 0. The Hall–Kier alpha value is -2.67. The molecule has 7 heteroatoms. The molecule has 0 saturated heterocycles. The highest BCUT2D eigenvalue weighted by atomic mass is 32.2. The first-order valence-electron chi connectivity index (χ1n) is 7.83. The molecule has 1 N–H and O–H groups in total. The van der Waals surface area contributed by atoms with E-state index in [0.717, 1.165) is 40.9 Å². The van der Waals surface area contributed by atoms with E-state index in [9.17, 15) is 18.4 Å². The highest BCUT2D eigenvalue weighted by molar-refractivity contribution is 8.00. The molecule has 134 valence electrons. The molecular weight excluding hydrogens is 360 g/mol. The molecule has 0 fully saturated rings. The Balaban J connectivity index is 1.62. The van der Waals surface area contributed by atoms with Gasteiger partial charge >= 0.3 is 5.97 Å². The average molecular weight is 375 g/mol. The molecular formula is C19H15F2NO3S. The van der Waals surface area contributed by atoms with Gasteiger partial charge in [-0.05, 0) is 31.2 Å². The zero-order valence-corrected chi connectivity index (χ0v) is 14.6. The lowest BCUT2D eigenvalue weighted by Crippen LogP contribution is -2.25. The Kier molecular flexibility index (Phi) is 5.37. The number of para-hydroxylation sites is 1. The number of thioether (sulfide) groups is 1. The molecule has 26 heavy (non-hydrogen) atoms.